The van der Waals surface area contributed by atoms with Gasteiger partial charge in [0, 0.05) is 10.5 Å². The Morgan fingerprint density at radius 2 is 1.44 bits per heavy atom. The highest BCUT2D eigenvalue weighted by molar-refractivity contribution is 8.00. The summed E-state index contributed by atoms with van der Waals surface area (Å²) in [5.74, 6) is 4.64. The van der Waals surface area contributed by atoms with Gasteiger partial charge in [0.25, 0.3) is 0 Å². The van der Waals surface area contributed by atoms with Crippen molar-refractivity contribution in [2.45, 2.75) is 68.3 Å². The highest BCUT2D eigenvalue weighted by atomic mass is 32.2. The summed E-state index contributed by atoms with van der Waals surface area (Å²) in [6.45, 7) is 0. The van der Waals surface area contributed by atoms with E-state index in [2.05, 4.69) is 11.8 Å². The van der Waals surface area contributed by atoms with Gasteiger partial charge in [-0.05, 0) is 49.4 Å². The third-order valence-corrected chi connectivity index (χ3v) is 7.82. The molecule has 4 fully saturated rings. The number of fused-ring (bicyclic) bond motifs is 5. The van der Waals surface area contributed by atoms with Crippen LogP contribution in [0.4, 0.5) is 0 Å². The van der Waals surface area contributed by atoms with Crippen LogP contribution >= 0.6 is 11.8 Å². The van der Waals surface area contributed by atoms with Crippen LogP contribution in [0.15, 0.2) is 0 Å². The number of hydrogen-bond acceptors (Lipinski definition) is 1. The molecule has 6 unspecified atom stereocenters. The molecule has 0 amide bonds. The highest BCUT2D eigenvalue weighted by Gasteiger charge is 2.54. The Hall–Kier alpha value is 0.350. The fraction of sp³-hybridized carbons (Fsp3) is 1.00. The number of hydrogen-bond donors (Lipinski definition) is 0. The van der Waals surface area contributed by atoms with Gasteiger partial charge in [-0.3, -0.25) is 0 Å². The van der Waals surface area contributed by atoms with Crippen LogP contribution in [0.3, 0.4) is 0 Å². The molecule has 3 aliphatic carbocycles. The van der Waals surface area contributed by atoms with Gasteiger partial charge in [-0.25, -0.2) is 0 Å². The molecular weight excluding hydrogens is 212 g/mol. The summed E-state index contributed by atoms with van der Waals surface area (Å²) in [5, 5.41) is 2.19. The smallest absolute Gasteiger partial charge is 0.00867 e. The second-order valence-electron chi connectivity index (χ2n) is 6.68. The van der Waals surface area contributed by atoms with E-state index in [-0.39, 0.29) is 0 Å². The molecule has 0 aromatic heterocycles. The molecule has 3 saturated carbocycles. The first kappa shape index (κ1) is 10.3. The minimum Gasteiger partial charge on any atom is -0.155 e. The molecule has 1 heterocycles. The van der Waals surface area contributed by atoms with Crippen LogP contribution in [0.5, 0.6) is 0 Å². The van der Waals surface area contributed by atoms with Gasteiger partial charge in [-0.2, -0.15) is 11.8 Å². The first-order valence-corrected chi connectivity index (χ1v) is 8.53. The van der Waals surface area contributed by atoms with Crippen molar-refractivity contribution < 1.29 is 0 Å². The molecule has 4 aliphatic rings. The number of thioether (sulfide) groups is 1. The Bertz CT molecular complexity index is 249. The Morgan fingerprint density at radius 3 is 2.38 bits per heavy atom. The Morgan fingerprint density at radius 1 is 0.688 bits per heavy atom. The average molecular weight is 236 g/mol. The third-order valence-electron chi connectivity index (χ3n) is 6.02. The topological polar surface area (TPSA) is 0 Å². The van der Waals surface area contributed by atoms with Gasteiger partial charge in [-0.1, -0.05) is 32.1 Å². The standard InChI is InChI=1S/C15H24S/c1-2-6-11-10(5-1)9-14-15(11)12-7-3-4-8-13(12)16-14/h10-15H,1-9H2. The van der Waals surface area contributed by atoms with Gasteiger partial charge in [-0.15, -0.1) is 0 Å². The van der Waals surface area contributed by atoms with Gasteiger partial charge in [0.15, 0.2) is 0 Å². The molecule has 4 rings (SSSR count). The molecule has 16 heavy (non-hydrogen) atoms. The van der Waals surface area contributed by atoms with E-state index in [0.29, 0.717) is 0 Å². The molecule has 1 saturated heterocycles. The molecule has 0 aromatic carbocycles. The SMILES string of the molecule is C1CCC2C(C1)CC1SC3CCCCC3C12. The minimum atomic E-state index is 1.09. The zero-order valence-corrected chi connectivity index (χ0v) is 11.1. The predicted molar refractivity (Wildman–Crippen MR) is 70.7 cm³/mol. The summed E-state index contributed by atoms with van der Waals surface area (Å²) in [6.07, 6.45) is 14.1. The maximum Gasteiger partial charge on any atom is 0.00867 e. The molecule has 0 N–H and O–H groups in total. The third kappa shape index (κ3) is 1.43. The average Bonchev–Trinajstić information content (AvgIpc) is 2.83. The van der Waals surface area contributed by atoms with Crippen molar-refractivity contribution in [3.63, 3.8) is 0 Å². The minimum absolute atomic E-state index is 1.09. The second kappa shape index (κ2) is 3.93. The normalized spacial score (nSPS) is 55.5. The molecule has 1 aliphatic heterocycles. The zero-order chi connectivity index (χ0) is 10.5. The van der Waals surface area contributed by atoms with E-state index in [0.717, 1.165) is 22.3 Å². The van der Waals surface area contributed by atoms with E-state index in [1.54, 1.807) is 51.4 Å². The van der Waals surface area contributed by atoms with Gasteiger partial charge < -0.3 is 0 Å². The first-order valence-electron chi connectivity index (χ1n) is 7.59. The lowest BCUT2D eigenvalue weighted by atomic mass is 9.70. The summed E-state index contributed by atoms with van der Waals surface area (Å²) < 4.78 is 0. The van der Waals surface area contributed by atoms with Crippen molar-refractivity contribution in [2.75, 3.05) is 0 Å². The van der Waals surface area contributed by atoms with Crippen LogP contribution in [-0.4, -0.2) is 10.5 Å². The fourth-order valence-electron chi connectivity index (χ4n) is 5.47. The van der Waals surface area contributed by atoms with Crippen molar-refractivity contribution >= 4 is 11.8 Å². The maximum atomic E-state index is 2.43. The Balaban J connectivity index is 1.59. The van der Waals surface area contributed by atoms with Crippen LogP contribution in [0.1, 0.15) is 57.8 Å². The Labute approximate surface area is 104 Å². The second-order valence-corrected chi connectivity index (χ2v) is 8.17. The van der Waals surface area contributed by atoms with E-state index >= 15 is 0 Å². The summed E-state index contributed by atoms with van der Waals surface area (Å²) in [5.41, 5.74) is 0. The molecule has 1 heteroatoms. The van der Waals surface area contributed by atoms with Gasteiger partial charge in [0.2, 0.25) is 0 Å². The lowest BCUT2D eigenvalue weighted by molar-refractivity contribution is 0.164. The summed E-state index contributed by atoms with van der Waals surface area (Å²) in [7, 11) is 0. The molecule has 90 valence electrons. The maximum absolute atomic E-state index is 2.43. The number of rotatable bonds is 0. The van der Waals surface area contributed by atoms with Crippen LogP contribution in [0, 0.1) is 23.7 Å². The first-order chi connectivity index (χ1) is 7.93. The molecule has 6 atom stereocenters. The molecule has 0 nitrogen and oxygen atoms in total. The largest absolute Gasteiger partial charge is 0.155 e. The van der Waals surface area contributed by atoms with Crippen molar-refractivity contribution in [1.29, 1.82) is 0 Å². The van der Waals surface area contributed by atoms with Gasteiger partial charge in [0.1, 0.15) is 0 Å². The summed E-state index contributed by atoms with van der Waals surface area (Å²) in [6, 6.07) is 0. The van der Waals surface area contributed by atoms with E-state index in [1.165, 1.54) is 18.3 Å². The highest BCUT2D eigenvalue weighted by Crippen LogP contribution is 2.62. The van der Waals surface area contributed by atoms with Gasteiger partial charge >= 0.3 is 0 Å². The van der Waals surface area contributed by atoms with Crippen molar-refractivity contribution in [1.82, 2.24) is 0 Å². The molecule has 0 spiro atoms. The van der Waals surface area contributed by atoms with Crippen LogP contribution in [0.2, 0.25) is 0 Å². The molecule has 0 bridgehead atoms. The molecule has 0 aromatic rings. The van der Waals surface area contributed by atoms with E-state index in [4.69, 9.17) is 0 Å². The summed E-state index contributed by atoms with van der Waals surface area (Å²) in [4.78, 5) is 0. The molecule has 0 radical (unpaired) electrons. The quantitative estimate of drug-likeness (QED) is 0.597. The predicted octanol–water partition coefficient (Wildman–Crippen LogP) is 4.49. The monoisotopic (exact) mass is 236 g/mol. The van der Waals surface area contributed by atoms with Gasteiger partial charge in [0.05, 0.1) is 0 Å². The van der Waals surface area contributed by atoms with E-state index in [1.807, 2.05) is 0 Å². The van der Waals surface area contributed by atoms with Crippen molar-refractivity contribution in [3.8, 4) is 0 Å². The van der Waals surface area contributed by atoms with E-state index < -0.39 is 0 Å². The molecular formula is C15H24S. The van der Waals surface area contributed by atoms with Crippen LogP contribution in [-0.2, 0) is 0 Å². The van der Waals surface area contributed by atoms with E-state index in [9.17, 15) is 0 Å². The Kier molecular flexibility index (Phi) is 2.53. The lowest BCUT2D eigenvalue weighted by Gasteiger charge is -2.35. The summed E-state index contributed by atoms with van der Waals surface area (Å²) >= 11 is 2.43. The lowest BCUT2D eigenvalue weighted by Crippen LogP contribution is -2.30. The fourth-order valence-corrected chi connectivity index (χ4v) is 7.68. The van der Waals surface area contributed by atoms with Crippen molar-refractivity contribution in [2.24, 2.45) is 23.7 Å². The zero-order valence-electron chi connectivity index (χ0n) is 10.2. The van der Waals surface area contributed by atoms with Crippen LogP contribution in [0.25, 0.3) is 0 Å². The van der Waals surface area contributed by atoms with Crippen LogP contribution < -0.4 is 0 Å². The van der Waals surface area contributed by atoms with Crippen molar-refractivity contribution in [3.05, 3.63) is 0 Å².